The van der Waals surface area contributed by atoms with E-state index in [1.807, 2.05) is 0 Å². The Morgan fingerprint density at radius 1 is 1.38 bits per heavy atom. The lowest BCUT2D eigenvalue weighted by molar-refractivity contribution is 0.0595. The first-order valence-corrected chi connectivity index (χ1v) is 7.74. The molecule has 0 aromatic carbocycles. The number of hydrogen-bond donors (Lipinski definition) is 0. The summed E-state index contributed by atoms with van der Waals surface area (Å²) in [5, 5.41) is 1.13. The van der Waals surface area contributed by atoms with Crippen LogP contribution in [0.5, 0.6) is 0 Å². The SMILES string of the molecule is CC(C)COCCN1CCCCC1CCBr. The van der Waals surface area contributed by atoms with Crippen LogP contribution >= 0.6 is 15.9 Å². The van der Waals surface area contributed by atoms with Crippen molar-refractivity contribution in [2.75, 3.05) is 31.6 Å². The van der Waals surface area contributed by atoms with Gasteiger partial charge in [-0.15, -0.1) is 0 Å². The maximum Gasteiger partial charge on any atom is 0.0593 e. The third kappa shape index (κ3) is 5.65. The fourth-order valence-corrected chi connectivity index (χ4v) is 2.84. The Morgan fingerprint density at radius 2 is 2.19 bits per heavy atom. The number of halogens is 1. The van der Waals surface area contributed by atoms with Crippen LogP contribution in [0.25, 0.3) is 0 Å². The molecule has 0 radical (unpaired) electrons. The Morgan fingerprint density at radius 3 is 2.88 bits per heavy atom. The van der Waals surface area contributed by atoms with E-state index in [4.69, 9.17) is 4.74 Å². The second-order valence-electron chi connectivity index (χ2n) is 5.13. The predicted molar refractivity (Wildman–Crippen MR) is 73.3 cm³/mol. The van der Waals surface area contributed by atoms with Gasteiger partial charge in [0.2, 0.25) is 0 Å². The van der Waals surface area contributed by atoms with E-state index in [0.717, 1.165) is 31.1 Å². The fourth-order valence-electron chi connectivity index (χ4n) is 2.31. The summed E-state index contributed by atoms with van der Waals surface area (Å²) in [6, 6.07) is 0.788. The van der Waals surface area contributed by atoms with E-state index >= 15 is 0 Å². The highest BCUT2D eigenvalue weighted by Gasteiger charge is 2.20. The van der Waals surface area contributed by atoms with Gasteiger partial charge in [-0.05, 0) is 31.7 Å². The molecule has 0 N–H and O–H groups in total. The van der Waals surface area contributed by atoms with Gasteiger partial charge in [0.05, 0.1) is 6.61 Å². The van der Waals surface area contributed by atoms with Crippen molar-refractivity contribution >= 4 is 15.9 Å². The molecule has 1 aliphatic heterocycles. The molecule has 0 bridgehead atoms. The van der Waals surface area contributed by atoms with Crippen LogP contribution in [0.4, 0.5) is 0 Å². The van der Waals surface area contributed by atoms with Gasteiger partial charge in [-0.1, -0.05) is 36.2 Å². The van der Waals surface area contributed by atoms with Crippen molar-refractivity contribution < 1.29 is 4.74 Å². The lowest BCUT2D eigenvalue weighted by Crippen LogP contribution is -2.41. The monoisotopic (exact) mass is 291 g/mol. The largest absolute Gasteiger partial charge is 0.380 e. The van der Waals surface area contributed by atoms with E-state index in [9.17, 15) is 0 Å². The summed E-state index contributed by atoms with van der Waals surface area (Å²) in [7, 11) is 0. The first kappa shape index (κ1) is 14.5. The van der Waals surface area contributed by atoms with Gasteiger partial charge in [-0.3, -0.25) is 4.90 Å². The number of piperidine rings is 1. The van der Waals surface area contributed by atoms with Gasteiger partial charge < -0.3 is 4.74 Å². The molecule has 1 atom stereocenters. The number of nitrogens with zero attached hydrogens (tertiary/aromatic N) is 1. The van der Waals surface area contributed by atoms with Crippen LogP contribution in [0.3, 0.4) is 0 Å². The molecule has 1 saturated heterocycles. The number of likely N-dealkylation sites (tertiary alicyclic amines) is 1. The van der Waals surface area contributed by atoms with Gasteiger partial charge in [0, 0.05) is 24.5 Å². The van der Waals surface area contributed by atoms with E-state index in [0.29, 0.717) is 5.92 Å². The Labute approximate surface area is 109 Å². The molecule has 1 heterocycles. The maximum absolute atomic E-state index is 5.67. The van der Waals surface area contributed by atoms with E-state index in [-0.39, 0.29) is 0 Å². The Hall–Kier alpha value is 0.400. The first-order valence-electron chi connectivity index (χ1n) is 6.61. The highest BCUT2D eigenvalue weighted by Crippen LogP contribution is 2.19. The zero-order valence-corrected chi connectivity index (χ0v) is 12.3. The van der Waals surface area contributed by atoms with Crippen molar-refractivity contribution in [2.24, 2.45) is 5.92 Å². The van der Waals surface area contributed by atoms with E-state index < -0.39 is 0 Å². The minimum atomic E-state index is 0.652. The van der Waals surface area contributed by atoms with Crippen molar-refractivity contribution in [3.8, 4) is 0 Å². The van der Waals surface area contributed by atoms with Gasteiger partial charge in [-0.25, -0.2) is 0 Å². The van der Waals surface area contributed by atoms with Gasteiger partial charge in [0.25, 0.3) is 0 Å². The Balaban J connectivity index is 2.16. The molecule has 16 heavy (non-hydrogen) atoms. The van der Waals surface area contributed by atoms with Gasteiger partial charge in [0.15, 0.2) is 0 Å². The molecule has 0 aliphatic carbocycles. The maximum atomic E-state index is 5.67. The van der Waals surface area contributed by atoms with Crippen LogP contribution in [0.15, 0.2) is 0 Å². The Bertz CT molecular complexity index is 173. The predicted octanol–water partition coefficient (Wildman–Crippen LogP) is 3.30. The standard InChI is InChI=1S/C13H26BrNO/c1-12(2)11-16-10-9-15-8-4-3-5-13(15)6-7-14/h12-13H,3-11H2,1-2H3. The van der Waals surface area contributed by atoms with Crippen LogP contribution in [0.1, 0.15) is 39.5 Å². The first-order chi connectivity index (χ1) is 7.74. The minimum absolute atomic E-state index is 0.652. The number of alkyl halides is 1. The van der Waals surface area contributed by atoms with Crippen molar-refractivity contribution in [3.63, 3.8) is 0 Å². The van der Waals surface area contributed by atoms with Crippen molar-refractivity contribution in [1.82, 2.24) is 4.90 Å². The van der Waals surface area contributed by atoms with Crippen LogP contribution in [0, 0.1) is 5.92 Å². The van der Waals surface area contributed by atoms with Crippen molar-refractivity contribution in [1.29, 1.82) is 0 Å². The lowest BCUT2D eigenvalue weighted by atomic mass is 10.0. The summed E-state index contributed by atoms with van der Waals surface area (Å²) in [6.45, 7) is 8.59. The molecule has 1 aliphatic rings. The van der Waals surface area contributed by atoms with Gasteiger partial charge in [-0.2, -0.15) is 0 Å². The zero-order chi connectivity index (χ0) is 11.8. The number of hydrogen-bond acceptors (Lipinski definition) is 2. The van der Waals surface area contributed by atoms with Gasteiger partial charge in [0.1, 0.15) is 0 Å². The van der Waals surface area contributed by atoms with E-state index in [1.165, 1.54) is 32.2 Å². The summed E-state index contributed by atoms with van der Waals surface area (Å²) < 4.78 is 5.67. The highest BCUT2D eigenvalue weighted by molar-refractivity contribution is 9.09. The molecule has 0 spiro atoms. The molecular weight excluding hydrogens is 266 g/mol. The molecule has 0 aromatic heterocycles. The summed E-state index contributed by atoms with van der Waals surface area (Å²) in [4.78, 5) is 2.62. The average Bonchev–Trinajstić information content (AvgIpc) is 2.26. The molecule has 1 fully saturated rings. The number of rotatable bonds is 7. The smallest absolute Gasteiger partial charge is 0.0593 e. The summed E-state index contributed by atoms with van der Waals surface area (Å²) in [5.41, 5.74) is 0. The van der Waals surface area contributed by atoms with Crippen LogP contribution in [0.2, 0.25) is 0 Å². The minimum Gasteiger partial charge on any atom is -0.380 e. The van der Waals surface area contributed by atoms with Crippen LogP contribution in [-0.4, -0.2) is 42.6 Å². The van der Waals surface area contributed by atoms with Crippen LogP contribution in [-0.2, 0) is 4.74 Å². The molecule has 0 aromatic rings. The van der Waals surface area contributed by atoms with E-state index in [1.54, 1.807) is 0 Å². The second-order valence-corrected chi connectivity index (χ2v) is 5.92. The van der Waals surface area contributed by atoms with Crippen molar-refractivity contribution in [3.05, 3.63) is 0 Å². The molecule has 96 valence electrons. The Kier molecular flexibility index (Phi) is 7.67. The van der Waals surface area contributed by atoms with E-state index in [2.05, 4.69) is 34.7 Å². The summed E-state index contributed by atoms with van der Waals surface area (Å²) in [6.07, 6.45) is 5.42. The zero-order valence-electron chi connectivity index (χ0n) is 10.8. The molecule has 1 unspecified atom stereocenters. The lowest BCUT2D eigenvalue weighted by Gasteiger charge is -2.35. The molecule has 0 saturated carbocycles. The number of ether oxygens (including phenoxy) is 1. The average molecular weight is 292 g/mol. The highest BCUT2D eigenvalue weighted by atomic mass is 79.9. The van der Waals surface area contributed by atoms with Gasteiger partial charge >= 0.3 is 0 Å². The second kappa shape index (κ2) is 8.48. The van der Waals surface area contributed by atoms with Crippen LogP contribution < -0.4 is 0 Å². The normalized spacial score (nSPS) is 22.9. The molecule has 2 nitrogen and oxygen atoms in total. The molecule has 1 rings (SSSR count). The quantitative estimate of drug-likeness (QED) is 0.527. The molecular formula is C13H26BrNO. The summed E-state index contributed by atoms with van der Waals surface area (Å²) >= 11 is 3.56. The van der Waals surface area contributed by atoms with Crippen molar-refractivity contribution in [2.45, 2.75) is 45.6 Å². The fraction of sp³-hybridized carbons (Fsp3) is 1.00. The molecule has 3 heteroatoms. The summed E-state index contributed by atoms with van der Waals surface area (Å²) in [5.74, 6) is 0.652. The topological polar surface area (TPSA) is 12.5 Å². The third-order valence-corrected chi connectivity index (χ3v) is 3.62. The molecule has 0 amide bonds. The third-order valence-electron chi connectivity index (χ3n) is 3.17.